The molecule has 1 heterocycles. The zero-order chi connectivity index (χ0) is 19.2. The van der Waals surface area contributed by atoms with Crippen LogP contribution in [0.2, 0.25) is 5.02 Å². The van der Waals surface area contributed by atoms with Crippen LogP contribution in [0.5, 0.6) is 0 Å². The van der Waals surface area contributed by atoms with E-state index in [1.54, 1.807) is 12.1 Å². The number of rotatable bonds is 9. The van der Waals surface area contributed by atoms with E-state index in [4.69, 9.17) is 16.1 Å². The summed E-state index contributed by atoms with van der Waals surface area (Å²) < 4.78 is 31.7. The van der Waals surface area contributed by atoms with E-state index in [0.717, 1.165) is 17.0 Å². The van der Waals surface area contributed by atoms with Crippen LogP contribution in [0.4, 0.5) is 0 Å². The molecular formula is C16H20ClN3O4S2. The molecule has 0 atom stereocenters. The van der Waals surface area contributed by atoms with Crippen LogP contribution < -0.4 is 10.0 Å². The Morgan fingerprint density at radius 2 is 2.08 bits per heavy atom. The van der Waals surface area contributed by atoms with Crippen LogP contribution in [-0.4, -0.2) is 38.3 Å². The molecule has 0 bridgehead atoms. The van der Waals surface area contributed by atoms with E-state index in [1.165, 1.54) is 23.9 Å². The van der Waals surface area contributed by atoms with E-state index >= 15 is 0 Å². The van der Waals surface area contributed by atoms with Crippen molar-refractivity contribution in [2.24, 2.45) is 0 Å². The third-order valence-corrected chi connectivity index (χ3v) is 6.16. The molecule has 2 N–H and O–H groups in total. The van der Waals surface area contributed by atoms with Crippen molar-refractivity contribution in [1.29, 1.82) is 0 Å². The molecule has 2 aromatic rings. The maximum atomic E-state index is 12.1. The third-order valence-electron chi connectivity index (χ3n) is 3.51. The summed E-state index contributed by atoms with van der Waals surface area (Å²) in [6.07, 6.45) is 0. The highest BCUT2D eigenvalue weighted by Crippen LogP contribution is 2.19. The van der Waals surface area contributed by atoms with E-state index in [9.17, 15) is 13.2 Å². The molecule has 142 valence electrons. The molecule has 10 heteroatoms. The Morgan fingerprint density at radius 3 is 2.73 bits per heavy atom. The number of carbonyl (C=O) groups excluding carboxylic acids is 1. The van der Waals surface area contributed by atoms with Gasteiger partial charge in [0.15, 0.2) is 0 Å². The fraction of sp³-hybridized carbons (Fsp3) is 0.375. The van der Waals surface area contributed by atoms with Crippen LogP contribution >= 0.6 is 23.4 Å². The number of nitrogens with zero attached hydrogens (tertiary/aromatic N) is 1. The van der Waals surface area contributed by atoms with Gasteiger partial charge in [0.1, 0.15) is 5.76 Å². The minimum Gasteiger partial charge on any atom is -0.361 e. The van der Waals surface area contributed by atoms with Gasteiger partial charge in [-0.05, 0) is 32.0 Å². The Balaban J connectivity index is 1.68. The summed E-state index contributed by atoms with van der Waals surface area (Å²) >= 11 is 7.24. The highest BCUT2D eigenvalue weighted by Gasteiger charge is 2.14. The summed E-state index contributed by atoms with van der Waals surface area (Å²) in [7, 11) is -3.65. The third kappa shape index (κ3) is 6.01. The number of nitrogens with one attached hydrogen (secondary N) is 2. The molecule has 0 aliphatic rings. The first-order chi connectivity index (χ1) is 12.3. The molecule has 0 unspecified atom stereocenters. The molecular weight excluding hydrogens is 398 g/mol. The zero-order valence-corrected chi connectivity index (χ0v) is 16.8. The van der Waals surface area contributed by atoms with Gasteiger partial charge < -0.3 is 9.84 Å². The second-order valence-electron chi connectivity index (χ2n) is 5.50. The van der Waals surface area contributed by atoms with Gasteiger partial charge in [0.2, 0.25) is 15.9 Å². The van der Waals surface area contributed by atoms with Gasteiger partial charge in [-0.15, -0.1) is 11.8 Å². The number of hydrogen-bond donors (Lipinski definition) is 2. The summed E-state index contributed by atoms with van der Waals surface area (Å²) in [6, 6.07) is 5.99. The number of benzene rings is 1. The monoisotopic (exact) mass is 417 g/mol. The Labute approximate surface area is 161 Å². The van der Waals surface area contributed by atoms with E-state index in [2.05, 4.69) is 15.2 Å². The molecule has 0 spiro atoms. The lowest BCUT2D eigenvalue weighted by Gasteiger charge is -2.08. The fourth-order valence-electron chi connectivity index (χ4n) is 2.11. The van der Waals surface area contributed by atoms with Crippen molar-refractivity contribution in [3.05, 3.63) is 46.3 Å². The molecule has 7 nitrogen and oxygen atoms in total. The standard InChI is InChI=1S/C16H20ClN3O4S2/c1-11-15(12(2)24-20-11)9-25-10-16(21)18-6-7-19-26(22,23)14-5-3-4-13(17)8-14/h3-5,8,19H,6-7,9-10H2,1-2H3,(H,18,21). The molecule has 1 aromatic carbocycles. The van der Waals surface area contributed by atoms with Crippen LogP contribution in [0.1, 0.15) is 17.0 Å². The predicted octanol–water partition coefficient (Wildman–Crippen LogP) is 2.27. The number of hydrogen-bond acceptors (Lipinski definition) is 6. The van der Waals surface area contributed by atoms with Gasteiger partial charge in [0.05, 0.1) is 16.3 Å². The van der Waals surface area contributed by atoms with Crippen LogP contribution in [0.25, 0.3) is 0 Å². The minimum atomic E-state index is -3.65. The quantitative estimate of drug-likeness (QED) is 0.607. The van der Waals surface area contributed by atoms with E-state index in [1.807, 2.05) is 13.8 Å². The summed E-state index contributed by atoms with van der Waals surface area (Å²) in [6.45, 7) is 3.99. The average Bonchev–Trinajstić information content (AvgIpc) is 2.91. The molecule has 0 saturated heterocycles. The van der Waals surface area contributed by atoms with E-state index in [0.29, 0.717) is 10.8 Å². The van der Waals surface area contributed by atoms with Crippen molar-refractivity contribution < 1.29 is 17.7 Å². The molecule has 0 fully saturated rings. The van der Waals surface area contributed by atoms with Gasteiger partial charge in [-0.3, -0.25) is 4.79 Å². The molecule has 0 radical (unpaired) electrons. The SMILES string of the molecule is Cc1noc(C)c1CSCC(=O)NCCNS(=O)(=O)c1cccc(Cl)c1. The molecule has 2 rings (SSSR count). The lowest BCUT2D eigenvalue weighted by molar-refractivity contribution is -0.118. The van der Waals surface area contributed by atoms with E-state index in [-0.39, 0.29) is 29.6 Å². The molecule has 1 aromatic heterocycles. The number of carbonyl (C=O) groups is 1. The van der Waals surface area contributed by atoms with Crippen LogP contribution in [0.3, 0.4) is 0 Å². The lowest BCUT2D eigenvalue weighted by Crippen LogP contribution is -2.35. The largest absolute Gasteiger partial charge is 0.361 e. The Hall–Kier alpha value is -1.55. The average molecular weight is 418 g/mol. The smallest absolute Gasteiger partial charge is 0.240 e. The molecule has 0 aliphatic heterocycles. The molecule has 26 heavy (non-hydrogen) atoms. The second kappa shape index (κ2) is 9.40. The van der Waals surface area contributed by atoms with Crippen molar-refractivity contribution in [2.45, 2.75) is 24.5 Å². The predicted molar refractivity (Wildman–Crippen MR) is 102 cm³/mol. The maximum absolute atomic E-state index is 12.1. The first-order valence-corrected chi connectivity index (χ1v) is 10.8. The molecule has 0 aliphatic carbocycles. The van der Waals surface area contributed by atoms with Crippen LogP contribution in [0.15, 0.2) is 33.7 Å². The molecule has 1 amide bonds. The number of thioether (sulfide) groups is 1. The van der Waals surface area contributed by atoms with Gasteiger partial charge in [-0.25, -0.2) is 13.1 Å². The fourth-order valence-corrected chi connectivity index (χ4v) is 4.45. The summed E-state index contributed by atoms with van der Waals surface area (Å²) in [4.78, 5) is 11.9. The van der Waals surface area contributed by atoms with Crippen molar-refractivity contribution >= 4 is 39.3 Å². The van der Waals surface area contributed by atoms with Crippen molar-refractivity contribution in [1.82, 2.24) is 15.2 Å². The lowest BCUT2D eigenvalue weighted by atomic mass is 10.2. The normalized spacial score (nSPS) is 11.5. The zero-order valence-electron chi connectivity index (χ0n) is 14.4. The number of sulfonamides is 1. The maximum Gasteiger partial charge on any atom is 0.240 e. The van der Waals surface area contributed by atoms with Crippen LogP contribution in [0, 0.1) is 13.8 Å². The second-order valence-corrected chi connectivity index (χ2v) is 8.69. The van der Waals surface area contributed by atoms with Gasteiger partial charge >= 0.3 is 0 Å². The highest BCUT2D eigenvalue weighted by atomic mass is 35.5. The Morgan fingerprint density at radius 1 is 1.31 bits per heavy atom. The Bertz CT molecular complexity index is 849. The number of halogens is 1. The van der Waals surface area contributed by atoms with Crippen molar-refractivity contribution in [2.75, 3.05) is 18.8 Å². The first-order valence-electron chi connectivity index (χ1n) is 7.81. The van der Waals surface area contributed by atoms with Gasteiger partial charge in [0.25, 0.3) is 0 Å². The minimum absolute atomic E-state index is 0.0892. The van der Waals surface area contributed by atoms with Gasteiger partial charge in [0, 0.05) is 29.4 Å². The summed E-state index contributed by atoms with van der Waals surface area (Å²) in [5.74, 6) is 1.50. The van der Waals surface area contributed by atoms with Gasteiger partial charge in [-0.2, -0.15) is 0 Å². The highest BCUT2D eigenvalue weighted by molar-refractivity contribution is 7.99. The van der Waals surface area contributed by atoms with Crippen LogP contribution in [-0.2, 0) is 20.6 Å². The van der Waals surface area contributed by atoms with Gasteiger partial charge in [-0.1, -0.05) is 22.8 Å². The van der Waals surface area contributed by atoms with E-state index < -0.39 is 10.0 Å². The Kier molecular flexibility index (Phi) is 7.51. The molecule has 0 saturated carbocycles. The summed E-state index contributed by atoms with van der Waals surface area (Å²) in [5.41, 5.74) is 1.82. The topological polar surface area (TPSA) is 101 Å². The number of aryl methyl sites for hydroxylation is 2. The summed E-state index contributed by atoms with van der Waals surface area (Å²) in [5, 5.41) is 6.89. The van der Waals surface area contributed by atoms with Crippen molar-refractivity contribution in [3.63, 3.8) is 0 Å². The number of amides is 1. The number of aromatic nitrogens is 1. The van der Waals surface area contributed by atoms with Crippen molar-refractivity contribution in [3.8, 4) is 0 Å². The first kappa shape index (κ1) is 20.8.